The van der Waals surface area contributed by atoms with Crippen molar-refractivity contribution in [1.29, 1.82) is 0 Å². The van der Waals surface area contributed by atoms with E-state index < -0.39 is 25.7 Å². The first kappa shape index (κ1) is 24.5. The van der Waals surface area contributed by atoms with Gasteiger partial charge in [-0.1, -0.05) is 60.7 Å². The topological polar surface area (TPSA) is 89.9 Å². The lowest BCUT2D eigenvalue weighted by Gasteiger charge is -2.32. The first-order valence-corrected chi connectivity index (χ1v) is 15.3. The van der Waals surface area contributed by atoms with E-state index in [1.54, 1.807) is 42.5 Å². The molecule has 2 aliphatic rings. The number of hydrogen-bond acceptors (Lipinski definition) is 6. The molecule has 2 aliphatic heterocycles. The van der Waals surface area contributed by atoms with Gasteiger partial charge in [0, 0.05) is 19.1 Å². The third-order valence-corrected chi connectivity index (χ3v) is 11.2. The number of likely N-dealkylation sites (tertiary alicyclic amines) is 1. The standard InChI is InChI=1S/C27H32N2O4S2/c30-34(31)20-26(35(32,33)24-11-5-2-6-12-24)27-22(10-7-13-25(27)34)18-28-23-14-16-29(17-15-23)19-21-8-3-1-4-9-21/h1-13,23,26,28,30-31H,14-20H2. The van der Waals surface area contributed by atoms with E-state index in [-0.39, 0.29) is 10.6 Å². The van der Waals surface area contributed by atoms with Crippen LogP contribution in [-0.4, -0.2) is 47.3 Å². The van der Waals surface area contributed by atoms with Crippen LogP contribution in [0.1, 0.15) is 34.8 Å². The van der Waals surface area contributed by atoms with Gasteiger partial charge in [0.05, 0.1) is 15.5 Å². The van der Waals surface area contributed by atoms with Crippen molar-refractivity contribution in [1.82, 2.24) is 10.2 Å². The maximum absolute atomic E-state index is 13.5. The molecule has 1 saturated heterocycles. The van der Waals surface area contributed by atoms with E-state index in [9.17, 15) is 17.5 Å². The molecule has 0 amide bonds. The highest BCUT2D eigenvalue weighted by molar-refractivity contribution is 8.25. The molecule has 35 heavy (non-hydrogen) atoms. The average molecular weight is 513 g/mol. The Hall–Kier alpha value is -2.20. The highest BCUT2D eigenvalue weighted by atomic mass is 32.3. The van der Waals surface area contributed by atoms with E-state index in [2.05, 4.69) is 34.5 Å². The summed E-state index contributed by atoms with van der Waals surface area (Å²) in [5.74, 6) is -0.186. The Kier molecular flexibility index (Phi) is 7.03. The Balaban J connectivity index is 1.30. The smallest absolute Gasteiger partial charge is 0.187 e. The summed E-state index contributed by atoms with van der Waals surface area (Å²) >= 11 is 0. The van der Waals surface area contributed by atoms with Gasteiger partial charge in [0.15, 0.2) is 9.84 Å². The molecule has 3 N–H and O–H groups in total. The van der Waals surface area contributed by atoms with Crippen LogP contribution in [0.2, 0.25) is 0 Å². The first-order chi connectivity index (χ1) is 16.8. The Morgan fingerprint density at radius 3 is 2.23 bits per heavy atom. The summed E-state index contributed by atoms with van der Waals surface area (Å²) in [6, 6.07) is 24.5. The minimum atomic E-state index is -3.76. The van der Waals surface area contributed by atoms with Crippen molar-refractivity contribution in [3.05, 3.63) is 95.6 Å². The molecule has 0 aliphatic carbocycles. The van der Waals surface area contributed by atoms with Gasteiger partial charge in [0.25, 0.3) is 0 Å². The minimum Gasteiger partial charge on any atom is -0.310 e. The predicted octanol–water partition coefficient (Wildman–Crippen LogP) is 5.08. The van der Waals surface area contributed by atoms with Gasteiger partial charge in [-0.3, -0.25) is 14.0 Å². The first-order valence-electron chi connectivity index (χ1n) is 12.0. The second-order valence-corrected chi connectivity index (χ2v) is 13.7. The number of hydrogen-bond donors (Lipinski definition) is 3. The van der Waals surface area contributed by atoms with Crippen molar-refractivity contribution in [2.75, 3.05) is 18.8 Å². The lowest BCUT2D eigenvalue weighted by atomic mass is 10.0. The van der Waals surface area contributed by atoms with Crippen LogP contribution in [0.4, 0.5) is 0 Å². The van der Waals surface area contributed by atoms with E-state index in [1.807, 2.05) is 12.1 Å². The Morgan fingerprint density at radius 2 is 1.54 bits per heavy atom. The molecule has 3 aromatic carbocycles. The summed E-state index contributed by atoms with van der Waals surface area (Å²) in [6.45, 7) is 3.47. The number of rotatable bonds is 7. The number of nitrogens with zero attached hydrogens (tertiary/aromatic N) is 1. The van der Waals surface area contributed by atoms with Gasteiger partial charge >= 0.3 is 0 Å². The number of fused-ring (bicyclic) bond motifs is 1. The van der Waals surface area contributed by atoms with E-state index >= 15 is 0 Å². The third-order valence-electron chi connectivity index (χ3n) is 7.08. The van der Waals surface area contributed by atoms with E-state index in [0.717, 1.165) is 38.0 Å². The van der Waals surface area contributed by atoms with Crippen LogP contribution in [0, 0.1) is 0 Å². The summed E-state index contributed by atoms with van der Waals surface area (Å²) in [7, 11) is -6.92. The fraction of sp³-hybridized carbons (Fsp3) is 0.333. The lowest BCUT2D eigenvalue weighted by molar-refractivity contribution is 0.190. The van der Waals surface area contributed by atoms with Gasteiger partial charge < -0.3 is 5.32 Å². The highest BCUT2D eigenvalue weighted by Gasteiger charge is 2.44. The van der Waals surface area contributed by atoms with Crippen molar-refractivity contribution in [3.63, 3.8) is 0 Å². The Labute approximate surface area is 209 Å². The Morgan fingerprint density at radius 1 is 0.886 bits per heavy atom. The number of nitrogens with one attached hydrogen (secondary N) is 1. The molecule has 1 fully saturated rings. The van der Waals surface area contributed by atoms with Gasteiger partial charge in [0.2, 0.25) is 0 Å². The highest BCUT2D eigenvalue weighted by Crippen LogP contribution is 2.62. The van der Waals surface area contributed by atoms with Crippen LogP contribution in [-0.2, 0) is 22.9 Å². The van der Waals surface area contributed by atoms with Crippen LogP contribution < -0.4 is 5.32 Å². The monoisotopic (exact) mass is 512 g/mol. The predicted molar refractivity (Wildman–Crippen MR) is 140 cm³/mol. The normalized spacial score (nSPS) is 21.5. The van der Waals surface area contributed by atoms with Crippen LogP contribution in [0.3, 0.4) is 0 Å². The maximum Gasteiger partial charge on any atom is 0.187 e. The van der Waals surface area contributed by atoms with E-state index in [4.69, 9.17) is 0 Å². The molecule has 3 aromatic rings. The molecule has 0 radical (unpaired) electrons. The van der Waals surface area contributed by atoms with Crippen LogP contribution in [0.25, 0.3) is 0 Å². The second kappa shape index (κ2) is 10.0. The SMILES string of the molecule is O=S(=O)(c1ccccc1)C1CS(O)(O)c2cccc(CNC3CCN(Cc4ccccc4)CC3)c21. The molecule has 0 bridgehead atoms. The maximum atomic E-state index is 13.5. The summed E-state index contributed by atoms with van der Waals surface area (Å²) in [5, 5.41) is 2.65. The molecule has 5 rings (SSSR count). The molecule has 8 heteroatoms. The van der Waals surface area contributed by atoms with Crippen LogP contribution >= 0.6 is 10.6 Å². The molecule has 1 atom stereocenters. The van der Waals surface area contributed by atoms with Gasteiger partial charge in [-0.05, 0) is 60.8 Å². The second-order valence-electron chi connectivity index (χ2n) is 9.43. The largest absolute Gasteiger partial charge is 0.310 e. The molecule has 186 valence electrons. The Bertz CT molecular complexity index is 1260. The van der Waals surface area contributed by atoms with Gasteiger partial charge in [-0.15, -0.1) is 0 Å². The molecule has 0 spiro atoms. The number of sulfone groups is 1. The lowest BCUT2D eigenvalue weighted by Crippen LogP contribution is -2.42. The third kappa shape index (κ3) is 5.18. The molecule has 6 nitrogen and oxygen atoms in total. The van der Waals surface area contributed by atoms with Crippen molar-refractivity contribution in [2.45, 2.75) is 47.0 Å². The molecule has 0 aromatic heterocycles. The molecule has 2 heterocycles. The average Bonchev–Trinajstić information content (AvgIpc) is 3.17. The van der Waals surface area contributed by atoms with Crippen molar-refractivity contribution >= 4 is 20.4 Å². The fourth-order valence-electron chi connectivity index (χ4n) is 5.19. The summed E-state index contributed by atoms with van der Waals surface area (Å²) < 4.78 is 48.5. The van der Waals surface area contributed by atoms with Crippen LogP contribution in [0.15, 0.2) is 88.7 Å². The van der Waals surface area contributed by atoms with Crippen molar-refractivity contribution in [3.8, 4) is 0 Å². The zero-order valence-corrected chi connectivity index (χ0v) is 21.2. The molecular formula is C27H32N2O4S2. The van der Waals surface area contributed by atoms with Gasteiger partial charge in [0.1, 0.15) is 5.25 Å². The van der Waals surface area contributed by atoms with Gasteiger partial charge in [-0.2, -0.15) is 10.6 Å². The molecule has 1 unspecified atom stereocenters. The van der Waals surface area contributed by atoms with Gasteiger partial charge in [-0.25, -0.2) is 8.42 Å². The summed E-state index contributed by atoms with van der Waals surface area (Å²) in [5.41, 5.74) is 2.71. The number of piperidine rings is 1. The van der Waals surface area contributed by atoms with Crippen LogP contribution in [0.5, 0.6) is 0 Å². The van der Waals surface area contributed by atoms with Crippen molar-refractivity contribution < 1.29 is 17.5 Å². The summed E-state index contributed by atoms with van der Waals surface area (Å²) in [4.78, 5) is 3.05. The number of benzene rings is 3. The minimum absolute atomic E-state index is 0.186. The molecule has 0 saturated carbocycles. The van der Waals surface area contributed by atoms with E-state index in [0.29, 0.717) is 23.0 Å². The quantitative estimate of drug-likeness (QED) is 0.409. The fourth-order valence-corrected chi connectivity index (χ4v) is 9.69. The zero-order chi connectivity index (χ0) is 24.5. The van der Waals surface area contributed by atoms with E-state index in [1.165, 1.54) is 5.56 Å². The zero-order valence-electron chi connectivity index (χ0n) is 19.6. The summed E-state index contributed by atoms with van der Waals surface area (Å²) in [6.07, 6.45) is 2.03. The van der Waals surface area contributed by atoms with Crippen molar-refractivity contribution in [2.24, 2.45) is 0 Å². The molecular weight excluding hydrogens is 480 g/mol.